The Morgan fingerprint density at radius 1 is 1.30 bits per heavy atom. The molecule has 0 spiro atoms. The van der Waals surface area contributed by atoms with E-state index < -0.39 is 0 Å². The predicted octanol–water partition coefficient (Wildman–Crippen LogP) is 3.55. The number of unbranched alkanes of at least 4 members (excludes halogenated alkanes) is 2. The van der Waals surface area contributed by atoms with Crippen LogP contribution in [0.15, 0.2) is 4.99 Å². The smallest absolute Gasteiger partial charge is 0.306 e. The summed E-state index contributed by atoms with van der Waals surface area (Å²) in [6.45, 7) is 10.7. The summed E-state index contributed by atoms with van der Waals surface area (Å²) in [7, 11) is 0. The first-order valence-electron chi connectivity index (χ1n) is 8.54. The van der Waals surface area contributed by atoms with Crippen molar-refractivity contribution >= 4 is 35.9 Å². The highest BCUT2D eigenvalue weighted by molar-refractivity contribution is 14.0. The minimum atomic E-state index is -0.387. The van der Waals surface area contributed by atoms with Crippen LogP contribution in [0.5, 0.6) is 0 Å². The van der Waals surface area contributed by atoms with Crippen LogP contribution in [0.1, 0.15) is 66.2 Å². The SMILES string of the molecule is CC1CCCN(C(N)=NCCCCCC(=O)OC(C)(C)C)C1.I. The molecule has 0 aliphatic carbocycles. The molecule has 5 nitrogen and oxygen atoms in total. The molecule has 23 heavy (non-hydrogen) atoms. The number of ether oxygens (including phenoxy) is 1. The molecule has 1 aliphatic heterocycles. The minimum Gasteiger partial charge on any atom is -0.460 e. The second-order valence-corrected chi connectivity index (χ2v) is 7.33. The van der Waals surface area contributed by atoms with Crippen molar-refractivity contribution in [3.05, 3.63) is 0 Å². The maximum Gasteiger partial charge on any atom is 0.306 e. The number of nitrogens with two attached hydrogens (primary N) is 1. The van der Waals surface area contributed by atoms with Gasteiger partial charge in [-0.05, 0) is 52.4 Å². The number of carbonyl (C=O) groups is 1. The Balaban J connectivity index is 0.00000484. The summed E-state index contributed by atoms with van der Waals surface area (Å²) in [4.78, 5) is 18.2. The number of carbonyl (C=O) groups excluding carboxylic acids is 1. The fourth-order valence-corrected chi connectivity index (χ4v) is 2.64. The zero-order valence-electron chi connectivity index (χ0n) is 15.1. The second-order valence-electron chi connectivity index (χ2n) is 7.33. The zero-order chi connectivity index (χ0) is 16.6. The van der Waals surface area contributed by atoms with E-state index in [1.54, 1.807) is 0 Å². The van der Waals surface area contributed by atoms with E-state index in [9.17, 15) is 4.79 Å². The molecule has 2 N–H and O–H groups in total. The fourth-order valence-electron chi connectivity index (χ4n) is 2.64. The van der Waals surface area contributed by atoms with Crippen LogP contribution in [0.3, 0.4) is 0 Å². The Morgan fingerprint density at radius 2 is 2.00 bits per heavy atom. The van der Waals surface area contributed by atoms with Crippen LogP contribution >= 0.6 is 24.0 Å². The molecule has 1 saturated heterocycles. The van der Waals surface area contributed by atoms with Gasteiger partial charge < -0.3 is 15.4 Å². The molecule has 1 atom stereocenters. The number of rotatable bonds is 6. The van der Waals surface area contributed by atoms with Gasteiger partial charge >= 0.3 is 5.97 Å². The van der Waals surface area contributed by atoms with Crippen molar-refractivity contribution in [2.75, 3.05) is 19.6 Å². The van der Waals surface area contributed by atoms with E-state index in [0.29, 0.717) is 18.3 Å². The average Bonchev–Trinajstić information content (AvgIpc) is 2.40. The lowest BCUT2D eigenvalue weighted by atomic mass is 10.0. The van der Waals surface area contributed by atoms with Gasteiger partial charge in [0.1, 0.15) is 5.60 Å². The van der Waals surface area contributed by atoms with Crippen molar-refractivity contribution in [3.8, 4) is 0 Å². The first-order valence-corrected chi connectivity index (χ1v) is 8.54. The fraction of sp³-hybridized carbons (Fsp3) is 0.882. The molecular formula is C17H34IN3O2. The number of hydrogen-bond donors (Lipinski definition) is 1. The number of likely N-dealkylation sites (tertiary alicyclic amines) is 1. The van der Waals surface area contributed by atoms with Crippen molar-refractivity contribution in [1.29, 1.82) is 0 Å². The number of piperidine rings is 1. The molecule has 0 aromatic rings. The summed E-state index contributed by atoms with van der Waals surface area (Å²) < 4.78 is 5.28. The van der Waals surface area contributed by atoms with Gasteiger partial charge in [0.05, 0.1) is 0 Å². The topological polar surface area (TPSA) is 67.9 Å². The molecule has 0 aromatic heterocycles. The molecule has 6 heteroatoms. The lowest BCUT2D eigenvalue weighted by Crippen LogP contribution is -2.43. The lowest BCUT2D eigenvalue weighted by Gasteiger charge is -2.31. The van der Waals surface area contributed by atoms with E-state index >= 15 is 0 Å². The maximum absolute atomic E-state index is 11.6. The molecule has 136 valence electrons. The standard InChI is InChI=1S/C17H33N3O2.HI/c1-14-9-8-12-20(13-14)16(18)19-11-7-5-6-10-15(21)22-17(2,3)4;/h14H,5-13H2,1-4H3,(H2,18,19);1H. The van der Waals surface area contributed by atoms with E-state index in [1.165, 1.54) is 12.8 Å². The number of hydrogen-bond acceptors (Lipinski definition) is 3. The van der Waals surface area contributed by atoms with Gasteiger partial charge in [0.15, 0.2) is 5.96 Å². The first-order chi connectivity index (χ1) is 10.3. The lowest BCUT2D eigenvalue weighted by molar-refractivity contribution is -0.154. The number of halogens is 1. The maximum atomic E-state index is 11.6. The van der Waals surface area contributed by atoms with Crippen LogP contribution in [-0.4, -0.2) is 42.1 Å². The van der Waals surface area contributed by atoms with Crippen molar-refractivity contribution in [2.24, 2.45) is 16.6 Å². The number of guanidine groups is 1. The van der Waals surface area contributed by atoms with Gasteiger partial charge in [0, 0.05) is 26.1 Å². The normalized spacial score (nSPS) is 19.2. The molecule has 1 aliphatic rings. The third kappa shape index (κ3) is 10.8. The highest BCUT2D eigenvalue weighted by Gasteiger charge is 2.17. The van der Waals surface area contributed by atoms with Crippen LogP contribution in [0.2, 0.25) is 0 Å². The van der Waals surface area contributed by atoms with Gasteiger partial charge in [0.25, 0.3) is 0 Å². The molecular weight excluding hydrogens is 405 g/mol. The number of aliphatic imine (C=N–C) groups is 1. The van der Waals surface area contributed by atoms with Crippen molar-refractivity contribution in [2.45, 2.75) is 71.8 Å². The summed E-state index contributed by atoms with van der Waals surface area (Å²) in [6, 6.07) is 0. The molecule has 1 rings (SSSR count). The Kier molecular flexibility index (Phi) is 10.8. The molecule has 1 fully saturated rings. The van der Waals surface area contributed by atoms with Crippen molar-refractivity contribution < 1.29 is 9.53 Å². The molecule has 0 bridgehead atoms. The van der Waals surface area contributed by atoms with Gasteiger partial charge in [-0.3, -0.25) is 9.79 Å². The first kappa shape index (κ1) is 22.5. The summed E-state index contributed by atoms with van der Waals surface area (Å²) in [6.07, 6.45) is 5.77. The van der Waals surface area contributed by atoms with Crippen molar-refractivity contribution in [1.82, 2.24) is 4.90 Å². The molecule has 0 amide bonds. The van der Waals surface area contributed by atoms with Gasteiger partial charge in [-0.15, -0.1) is 24.0 Å². The van der Waals surface area contributed by atoms with Crippen LogP contribution < -0.4 is 5.73 Å². The number of nitrogens with zero attached hydrogens (tertiary/aromatic N) is 2. The summed E-state index contributed by atoms with van der Waals surface area (Å²) >= 11 is 0. The molecule has 0 saturated carbocycles. The van der Waals surface area contributed by atoms with Gasteiger partial charge in [0.2, 0.25) is 0 Å². The predicted molar refractivity (Wildman–Crippen MR) is 106 cm³/mol. The van der Waals surface area contributed by atoms with Gasteiger partial charge in [-0.1, -0.05) is 13.3 Å². The highest BCUT2D eigenvalue weighted by atomic mass is 127. The third-order valence-corrected chi connectivity index (χ3v) is 3.71. The van der Waals surface area contributed by atoms with Gasteiger partial charge in [-0.25, -0.2) is 0 Å². The number of esters is 1. The zero-order valence-corrected chi connectivity index (χ0v) is 17.5. The average molecular weight is 439 g/mol. The molecule has 0 aromatic carbocycles. The third-order valence-electron chi connectivity index (χ3n) is 3.71. The minimum absolute atomic E-state index is 0. The second kappa shape index (κ2) is 11.1. The van der Waals surface area contributed by atoms with E-state index in [2.05, 4.69) is 16.8 Å². The summed E-state index contributed by atoms with van der Waals surface area (Å²) in [5, 5.41) is 0. The van der Waals surface area contributed by atoms with Crippen LogP contribution in [0, 0.1) is 5.92 Å². The molecule has 1 heterocycles. The van der Waals surface area contributed by atoms with E-state index in [0.717, 1.165) is 38.9 Å². The van der Waals surface area contributed by atoms with E-state index in [1.807, 2.05) is 20.8 Å². The molecule has 1 unspecified atom stereocenters. The Morgan fingerprint density at radius 3 is 2.61 bits per heavy atom. The van der Waals surface area contributed by atoms with E-state index in [-0.39, 0.29) is 35.5 Å². The van der Waals surface area contributed by atoms with Crippen LogP contribution in [0.25, 0.3) is 0 Å². The Bertz CT molecular complexity index is 381. The van der Waals surface area contributed by atoms with Crippen molar-refractivity contribution in [3.63, 3.8) is 0 Å². The highest BCUT2D eigenvalue weighted by Crippen LogP contribution is 2.15. The quantitative estimate of drug-likeness (QED) is 0.226. The summed E-state index contributed by atoms with van der Waals surface area (Å²) in [5.74, 6) is 1.27. The van der Waals surface area contributed by atoms with Gasteiger partial charge in [-0.2, -0.15) is 0 Å². The Labute approximate surface area is 158 Å². The summed E-state index contributed by atoms with van der Waals surface area (Å²) in [5.41, 5.74) is 5.66. The monoisotopic (exact) mass is 439 g/mol. The molecule has 0 radical (unpaired) electrons. The largest absolute Gasteiger partial charge is 0.460 e. The van der Waals surface area contributed by atoms with E-state index in [4.69, 9.17) is 10.5 Å². The van der Waals surface area contributed by atoms with Crippen LogP contribution in [0.4, 0.5) is 0 Å². The Hall–Kier alpha value is -0.530. The van der Waals surface area contributed by atoms with Crippen LogP contribution in [-0.2, 0) is 9.53 Å².